The molecular weight excluding hydrogens is 319 g/mol. The van der Waals surface area contributed by atoms with Crippen molar-refractivity contribution in [3.05, 3.63) is 34.1 Å². The minimum atomic E-state index is -0.107. The average molecular weight is 338 g/mol. The molecule has 18 heavy (non-hydrogen) atoms. The highest BCUT2D eigenvalue weighted by Crippen LogP contribution is 2.32. The fraction of sp³-hybridized carbons (Fsp3) is 0.538. The van der Waals surface area contributed by atoms with Crippen molar-refractivity contribution < 1.29 is 4.39 Å². The lowest BCUT2D eigenvalue weighted by atomic mass is 10.0. The van der Waals surface area contributed by atoms with Crippen LogP contribution < -0.4 is 5.32 Å². The maximum Gasteiger partial charge on any atom is 0.129 e. The quantitative estimate of drug-likeness (QED) is 0.910. The Balaban J connectivity index is 0.00000162. The molecule has 1 aliphatic heterocycles. The molecule has 0 aliphatic carbocycles. The van der Waals surface area contributed by atoms with E-state index in [0.717, 1.165) is 42.6 Å². The van der Waals surface area contributed by atoms with E-state index in [1.807, 2.05) is 6.07 Å². The van der Waals surface area contributed by atoms with Crippen LogP contribution in [0, 0.1) is 5.82 Å². The van der Waals surface area contributed by atoms with Crippen molar-refractivity contribution in [3.63, 3.8) is 0 Å². The molecule has 0 amide bonds. The molecule has 1 fully saturated rings. The summed E-state index contributed by atoms with van der Waals surface area (Å²) in [5.41, 5.74) is 0.803. The van der Waals surface area contributed by atoms with Crippen LogP contribution in [-0.2, 0) is 0 Å². The molecule has 1 N–H and O–H groups in total. The van der Waals surface area contributed by atoms with E-state index in [0.29, 0.717) is 0 Å². The summed E-state index contributed by atoms with van der Waals surface area (Å²) in [4.78, 5) is 2.36. The number of nitrogens with zero attached hydrogens (tertiary/aromatic N) is 1. The third-order valence-corrected chi connectivity index (χ3v) is 4.00. The summed E-state index contributed by atoms with van der Waals surface area (Å²) in [5, 5.41) is 3.33. The molecule has 1 aromatic carbocycles. The van der Waals surface area contributed by atoms with Gasteiger partial charge in [0.1, 0.15) is 5.82 Å². The van der Waals surface area contributed by atoms with Crippen LogP contribution >= 0.6 is 28.3 Å². The van der Waals surface area contributed by atoms with E-state index in [1.54, 1.807) is 12.1 Å². The number of benzene rings is 1. The maximum atomic E-state index is 14.0. The number of nitrogens with one attached hydrogen (secondary N) is 1. The van der Waals surface area contributed by atoms with E-state index < -0.39 is 0 Å². The summed E-state index contributed by atoms with van der Waals surface area (Å²) in [6.07, 6.45) is 0.930. The van der Waals surface area contributed by atoms with Gasteiger partial charge in [-0.05, 0) is 18.6 Å². The lowest BCUT2D eigenvalue weighted by Gasteiger charge is -2.35. The largest absolute Gasteiger partial charge is 0.314 e. The van der Waals surface area contributed by atoms with Gasteiger partial charge in [-0.1, -0.05) is 28.9 Å². The molecule has 0 spiro atoms. The zero-order valence-corrected chi connectivity index (χ0v) is 12.9. The van der Waals surface area contributed by atoms with Crippen molar-refractivity contribution >= 4 is 28.3 Å². The maximum absolute atomic E-state index is 14.0. The summed E-state index contributed by atoms with van der Waals surface area (Å²) in [7, 11) is 0. The Morgan fingerprint density at radius 1 is 1.39 bits per heavy atom. The number of hydrogen-bond acceptors (Lipinski definition) is 2. The van der Waals surface area contributed by atoms with Gasteiger partial charge in [0.15, 0.2) is 0 Å². The molecular formula is C13H19BrClFN2. The molecule has 0 unspecified atom stereocenters. The molecule has 1 aromatic rings. The van der Waals surface area contributed by atoms with Gasteiger partial charge in [0.25, 0.3) is 0 Å². The fourth-order valence-corrected chi connectivity index (χ4v) is 3.07. The van der Waals surface area contributed by atoms with E-state index in [2.05, 4.69) is 33.1 Å². The first-order valence-electron chi connectivity index (χ1n) is 6.12. The molecule has 0 aromatic heterocycles. The molecule has 0 saturated carbocycles. The summed E-state index contributed by atoms with van der Waals surface area (Å²) in [5.74, 6) is -0.107. The van der Waals surface area contributed by atoms with Crippen LogP contribution in [0.2, 0.25) is 0 Å². The minimum absolute atomic E-state index is 0. The average Bonchev–Trinajstić information content (AvgIpc) is 2.35. The Kier molecular flexibility index (Phi) is 6.57. The Bertz CT molecular complexity index is 363. The first kappa shape index (κ1) is 15.9. The molecule has 1 saturated heterocycles. The highest BCUT2D eigenvalue weighted by molar-refractivity contribution is 9.10. The van der Waals surface area contributed by atoms with Crippen LogP contribution in [0.3, 0.4) is 0 Å². The van der Waals surface area contributed by atoms with Crippen molar-refractivity contribution in [3.8, 4) is 0 Å². The third kappa shape index (κ3) is 3.44. The third-order valence-electron chi connectivity index (χ3n) is 3.31. The number of hydrogen-bond donors (Lipinski definition) is 1. The van der Waals surface area contributed by atoms with E-state index in [4.69, 9.17) is 0 Å². The molecule has 2 nitrogen and oxygen atoms in total. The van der Waals surface area contributed by atoms with Crippen LogP contribution in [0.5, 0.6) is 0 Å². The van der Waals surface area contributed by atoms with Gasteiger partial charge < -0.3 is 5.32 Å². The molecule has 1 atom stereocenters. The van der Waals surface area contributed by atoms with Crippen molar-refractivity contribution in [2.45, 2.75) is 19.4 Å². The molecule has 5 heteroatoms. The van der Waals surface area contributed by atoms with Crippen molar-refractivity contribution in [1.29, 1.82) is 0 Å². The van der Waals surface area contributed by atoms with Gasteiger partial charge >= 0.3 is 0 Å². The van der Waals surface area contributed by atoms with Crippen LogP contribution in [-0.4, -0.2) is 31.1 Å². The first-order chi connectivity index (χ1) is 8.24. The summed E-state index contributed by atoms with van der Waals surface area (Å²) < 4.78 is 14.8. The number of rotatable bonds is 3. The standard InChI is InChI=1S/C13H18BrFN2.ClH/c1-2-12(17-8-6-16-7-9-17)13-10(14)4-3-5-11(13)15;/h3-5,12,16H,2,6-9H2,1H3;1H/t12-;/m0./s1. The van der Waals surface area contributed by atoms with Gasteiger partial charge in [0, 0.05) is 42.3 Å². The van der Waals surface area contributed by atoms with E-state index >= 15 is 0 Å². The van der Waals surface area contributed by atoms with Gasteiger partial charge in [0.2, 0.25) is 0 Å². The van der Waals surface area contributed by atoms with Gasteiger partial charge in [-0.2, -0.15) is 0 Å². The Labute approximate surface area is 122 Å². The second kappa shape index (κ2) is 7.43. The molecule has 0 radical (unpaired) electrons. The second-order valence-corrected chi connectivity index (χ2v) is 5.20. The number of halogens is 3. The Morgan fingerprint density at radius 3 is 2.61 bits per heavy atom. The van der Waals surface area contributed by atoms with Crippen LogP contribution in [0.25, 0.3) is 0 Å². The molecule has 1 aliphatic rings. The normalized spacial score (nSPS) is 18.2. The lowest BCUT2D eigenvalue weighted by Crippen LogP contribution is -2.45. The molecule has 102 valence electrons. The van der Waals surface area contributed by atoms with Gasteiger partial charge in [-0.3, -0.25) is 4.90 Å². The topological polar surface area (TPSA) is 15.3 Å². The van der Waals surface area contributed by atoms with Gasteiger partial charge in [0.05, 0.1) is 0 Å². The zero-order valence-electron chi connectivity index (χ0n) is 10.5. The monoisotopic (exact) mass is 336 g/mol. The van der Waals surface area contributed by atoms with E-state index in [1.165, 1.54) is 0 Å². The minimum Gasteiger partial charge on any atom is -0.314 e. The Hall–Kier alpha value is -0.160. The predicted octanol–water partition coefficient (Wildman–Crippen LogP) is 3.37. The van der Waals surface area contributed by atoms with Crippen molar-refractivity contribution in [2.24, 2.45) is 0 Å². The van der Waals surface area contributed by atoms with E-state index in [9.17, 15) is 4.39 Å². The summed E-state index contributed by atoms with van der Waals surface area (Å²) in [6, 6.07) is 5.38. The Morgan fingerprint density at radius 2 is 2.06 bits per heavy atom. The fourth-order valence-electron chi connectivity index (χ4n) is 2.47. The summed E-state index contributed by atoms with van der Waals surface area (Å²) in [6.45, 7) is 6.06. The van der Waals surface area contributed by atoms with Gasteiger partial charge in [-0.25, -0.2) is 4.39 Å². The highest BCUT2D eigenvalue weighted by atomic mass is 79.9. The molecule has 2 rings (SSSR count). The highest BCUT2D eigenvalue weighted by Gasteiger charge is 2.24. The zero-order chi connectivity index (χ0) is 12.3. The van der Waals surface area contributed by atoms with E-state index in [-0.39, 0.29) is 24.3 Å². The number of piperazine rings is 1. The second-order valence-electron chi connectivity index (χ2n) is 4.35. The smallest absolute Gasteiger partial charge is 0.129 e. The van der Waals surface area contributed by atoms with Crippen LogP contribution in [0.4, 0.5) is 4.39 Å². The summed E-state index contributed by atoms with van der Waals surface area (Å²) >= 11 is 3.47. The van der Waals surface area contributed by atoms with Crippen LogP contribution in [0.1, 0.15) is 24.9 Å². The lowest BCUT2D eigenvalue weighted by molar-refractivity contribution is 0.165. The van der Waals surface area contributed by atoms with Gasteiger partial charge in [-0.15, -0.1) is 12.4 Å². The van der Waals surface area contributed by atoms with Crippen LogP contribution in [0.15, 0.2) is 22.7 Å². The SMILES string of the molecule is CC[C@@H](c1c(F)cccc1Br)N1CCNCC1.Cl. The van der Waals surface area contributed by atoms with Crippen molar-refractivity contribution in [2.75, 3.05) is 26.2 Å². The predicted molar refractivity (Wildman–Crippen MR) is 78.8 cm³/mol. The first-order valence-corrected chi connectivity index (χ1v) is 6.92. The van der Waals surface area contributed by atoms with Crippen molar-refractivity contribution in [1.82, 2.24) is 10.2 Å². The molecule has 1 heterocycles. The molecule has 0 bridgehead atoms.